The Morgan fingerprint density at radius 3 is 1.70 bits per heavy atom. The van der Waals surface area contributed by atoms with Crippen LogP contribution in [0.1, 0.15) is 46.5 Å². The molecule has 0 bridgehead atoms. The van der Waals surface area contributed by atoms with Crippen LogP contribution >= 0.6 is 0 Å². The Hall–Kier alpha value is -1.07. The van der Waals surface area contributed by atoms with Crippen molar-refractivity contribution in [3.8, 4) is 0 Å². The van der Waals surface area contributed by atoms with Crippen LogP contribution in [0.4, 0.5) is 17.6 Å². The molecular weight excluding hydrogens is 276 g/mol. The van der Waals surface area contributed by atoms with E-state index in [-0.39, 0.29) is 6.42 Å². The maximum atomic E-state index is 13.0. The van der Waals surface area contributed by atoms with Crippen LogP contribution in [-0.2, 0) is 4.79 Å². The molecule has 0 aliphatic heterocycles. The first kappa shape index (κ1) is 18.9. The van der Waals surface area contributed by atoms with Crippen molar-refractivity contribution in [3.05, 3.63) is 11.3 Å². The number of Topliss-reactive ketones (excluding diaryl/α,β-unsaturated/α-hetero) is 1. The quantitative estimate of drug-likeness (QED) is 0.379. The minimum Gasteiger partial charge on any atom is -0.511 e. The summed E-state index contributed by atoms with van der Waals surface area (Å²) in [5.41, 5.74) is -0.994. The lowest BCUT2D eigenvalue weighted by molar-refractivity contribution is -0.122. The fourth-order valence-electron chi connectivity index (χ4n) is 2.13. The average molecular weight is 298 g/mol. The van der Waals surface area contributed by atoms with Crippen molar-refractivity contribution in [2.24, 2.45) is 11.8 Å². The summed E-state index contributed by atoms with van der Waals surface area (Å²) in [7, 11) is 0. The van der Waals surface area contributed by atoms with Gasteiger partial charge in [0.2, 0.25) is 6.43 Å². The molecule has 1 unspecified atom stereocenters. The third kappa shape index (κ3) is 5.13. The lowest BCUT2D eigenvalue weighted by Gasteiger charge is -2.20. The van der Waals surface area contributed by atoms with E-state index in [0.29, 0.717) is 12.8 Å². The molecule has 0 rings (SSSR count). The molecule has 0 aliphatic carbocycles. The zero-order chi connectivity index (χ0) is 15.9. The van der Waals surface area contributed by atoms with Gasteiger partial charge >= 0.3 is 0 Å². The summed E-state index contributed by atoms with van der Waals surface area (Å²) in [6.07, 6.45) is -5.82. The van der Waals surface area contributed by atoms with E-state index in [1.54, 1.807) is 13.8 Å². The fraction of sp³-hybridized carbons (Fsp3) is 0.786. The molecule has 0 saturated carbocycles. The Morgan fingerprint density at radius 1 is 0.950 bits per heavy atom. The third-order valence-corrected chi connectivity index (χ3v) is 3.46. The van der Waals surface area contributed by atoms with Crippen LogP contribution in [0.25, 0.3) is 0 Å². The topological polar surface area (TPSA) is 37.3 Å². The monoisotopic (exact) mass is 298 g/mol. The lowest BCUT2D eigenvalue weighted by Crippen LogP contribution is -2.25. The first-order valence-electron chi connectivity index (χ1n) is 6.83. The maximum absolute atomic E-state index is 13.0. The van der Waals surface area contributed by atoms with Gasteiger partial charge in [-0.25, -0.2) is 17.6 Å². The summed E-state index contributed by atoms with van der Waals surface area (Å²) >= 11 is 0. The molecule has 6 heteroatoms. The van der Waals surface area contributed by atoms with E-state index >= 15 is 0 Å². The van der Waals surface area contributed by atoms with Gasteiger partial charge in [-0.05, 0) is 19.3 Å². The normalized spacial score (nSPS) is 14.9. The van der Waals surface area contributed by atoms with Gasteiger partial charge in [0.1, 0.15) is 5.76 Å². The van der Waals surface area contributed by atoms with Gasteiger partial charge in [-0.1, -0.05) is 20.8 Å². The van der Waals surface area contributed by atoms with Crippen molar-refractivity contribution in [3.63, 3.8) is 0 Å². The van der Waals surface area contributed by atoms with E-state index in [4.69, 9.17) is 0 Å². The van der Waals surface area contributed by atoms with Crippen LogP contribution in [0.3, 0.4) is 0 Å². The Kier molecular flexibility index (Phi) is 8.49. The molecule has 0 aromatic heterocycles. The predicted octanol–water partition coefficient (Wildman–Crippen LogP) is 4.75. The van der Waals surface area contributed by atoms with Crippen molar-refractivity contribution < 1.29 is 27.5 Å². The average Bonchev–Trinajstić information content (AvgIpc) is 2.36. The molecule has 1 N–H and O–H groups in total. The van der Waals surface area contributed by atoms with Gasteiger partial charge in [-0.2, -0.15) is 0 Å². The number of carbonyl (C=O) groups is 1. The number of alkyl halides is 4. The van der Waals surface area contributed by atoms with Crippen LogP contribution in [0.15, 0.2) is 11.3 Å². The Labute approximate surface area is 116 Å². The highest BCUT2D eigenvalue weighted by Gasteiger charge is 2.33. The molecule has 0 fully saturated rings. The van der Waals surface area contributed by atoms with Crippen molar-refractivity contribution in [1.82, 2.24) is 0 Å². The number of aliphatic hydroxyl groups excluding tert-OH is 1. The molecule has 1 atom stereocenters. The van der Waals surface area contributed by atoms with Crippen molar-refractivity contribution in [2.75, 3.05) is 0 Å². The zero-order valence-corrected chi connectivity index (χ0v) is 12.0. The number of rotatable bonds is 9. The van der Waals surface area contributed by atoms with Gasteiger partial charge in [0, 0.05) is 18.3 Å². The van der Waals surface area contributed by atoms with Crippen LogP contribution in [0.2, 0.25) is 0 Å². The number of allylic oxidation sites excluding steroid dienone is 2. The predicted molar refractivity (Wildman–Crippen MR) is 69.1 cm³/mol. The van der Waals surface area contributed by atoms with Crippen LogP contribution in [-0.4, -0.2) is 23.7 Å². The summed E-state index contributed by atoms with van der Waals surface area (Å²) in [5, 5.41) is 9.88. The molecule has 2 nitrogen and oxygen atoms in total. The second-order valence-corrected chi connectivity index (χ2v) is 4.71. The maximum Gasteiger partial charge on any atom is 0.270 e. The molecule has 0 saturated heterocycles. The standard InChI is InChI=1S/C14H22F4O2/c1-4-8(5-2)12(19)11(14(17)18)13(20)9(6-3)7-10(15)16/h8-10,14,19H,4-7H2,1-3H3/b12-11+. The molecule has 20 heavy (non-hydrogen) atoms. The SMILES string of the molecule is CCC(CC(F)F)C(=O)/C(=C(\O)C(CC)CC)C(F)F. The minimum atomic E-state index is -3.16. The first-order valence-corrected chi connectivity index (χ1v) is 6.83. The molecule has 0 aromatic carbocycles. The second-order valence-electron chi connectivity index (χ2n) is 4.71. The molecule has 0 spiro atoms. The Bertz CT molecular complexity index is 336. The summed E-state index contributed by atoms with van der Waals surface area (Å²) in [6, 6.07) is 0. The second kappa shape index (κ2) is 8.97. The van der Waals surface area contributed by atoms with Crippen LogP contribution in [0.5, 0.6) is 0 Å². The van der Waals surface area contributed by atoms with E-state index < -0.39 is 48.2 Å². The van der Waals surface area contributed by atoms with Gasteiger partial charge in [0.05, 0.1) is 5.57 Å². The van der Waals surface area contributed by atoms with E-state index in [1.165, 1.54) is 6.92 Å². The summed E-state index contributed by atoms with van der Waals surface area (Å²) in [6.45, 7) is 4.89. The summed E-state index contributed by atoms with van der Waals surface area (Å²) in [4.78, 5) is 12.0. The van der Waals surface area contributed by atoms with Crippen molar-refractivity contribution in [1.29, 1.82) is 0 Å². The highest BCUT2D eigenvalue weighted by Crippen LogP contribution is 2.28. The van der Waals surface area contributed by atoms with Gasteiger partial charge < -0.3 is 5.11 Å². The Morgan fingerprint density at radius 2 is 1.40 bits per heavy atom. The Balaban J connectivity index is 5.46. The van der Waals surface area contributed by atoms with Gasteiger partial charge in [0.25, 0.3) is 6.43 Å². The highest BCUT2D eigenvalue weighted by molar-refractivity contribution is 5.98. The number of hydrogen-bond acceptors (Lipinski definition) is 2. The molecule has 0 radical (unpaired) electrons. The van der Waals surface area contributed by atoms with Crippen molar-refractivity contribution >= 4 is 5.78 Å². The molecule has 118 valence electrons. The van der Waals surface area contributed by atoms with Crippen molar-refractivity contribution in [2.45, 2.75) is 59.3 Å². The number of carbonyl (C=O) groups excluding carboxylic acids is 1. The molecular formula is C14H22F4O2. The number of ketones is 1. The molecule has 0 amide bonds. The molecule has 0 heterocycles. The van der Waals surface area contributed by atoms with Crippen LogP contribution in [0, 0.1) is 11.8 Å². The number of halogens is 4. The van der Waals surface area contributed by atoms with E-state index in [9.17, 15) is 27.5 Å². The van der Waals surface area contributed by atoms with Gasteiger partial charge in [-0.3, -0.25) is 4.79 Å². The first-order chi connectivity index (χ1) is 9.29. The zero-order valence-electron chi connectivity index (χ0n) is 12.0. The van der Waals surface area contributed by atoms with Crippen LogP contribution < -0.4 is 0 Å². The fourth-order valence-corrected chi connectivity index (χ4v) is 2.13. The van der Waals surface area contributed by atoms with Gasteiger partial charge in [0.15, 0.2) is 5.78 Å². The summed E-state index contributed by atoms with van der Waals surface area (Å²) < 4.78 is 50.8. The molecule has 0 aliphatic rings. The van der Waals surface area contributed by atoms with E-state index in [2.05, 4.69) is 0 Å². The molecule has 0 aromatic rings. The lowest BCUT2D eigenvalue weighted by atomic mass is 9.88. The summed E-state index contributed by atoms with van der Waals surface area (Å²) in [5.74, 6) is -3.45. The van der Waals surface area contributed by atoms with E-state index in [0.717, 1.165) is 0 Å². The minimum absolute atomic E-state index is 0.0373. The largest absolute Gasteiger partial charge is 0.511 e. The van der Waals surface area contributed by atoms with E-state index in [1.807, 2.05) is 0 Å². The third-order valence-electron chi connectivity index (χ3n) is 3.46. The highest BCUT2D eigenvalue weighted by atomic mass is 19.3. The smallest absolute Gasteiger partial charge is 0.270 e. The number of aliphatic hydroxyl groups is 1. The van der Waals surface area contributed by atoms with Gasteiger partial charge in [-0.15, -0.1) is 0 Å². The number of hydrogen-bond donors (Lipinski definition) is 1.